The zero-order chi connectivity index (χ0) is 7.90. The highest BCUT2D eigenvalue weighted by molar-refractivity contribution is 5.39. The van der Waals surface area contributed by atoms with Gasteiger partial charge in [0, 0.05) is 17.2 Å². The number of rotatable bonds is 0. The number of hydrogen-bond acceptors (Lipinski definition) is 2. The smallest absolute Gasteiger partial charge is 0.141 e. The number of hydrogen-bond donors (Lipinski definition) is 0. The van der Waals surface area contributed by atoms with Crippen LogP contribution in [0.3, 0.4) is 0 Å². The summed E-state index contributed by atoms with van der Waals surface area (Å²) in [6.07, 6.45) is 3.60. The van der Waals surface area contributed by atoms with Gasteiger partial charge in [-0.25, -0.2) is 0 Å². The van der Waals surface area contributed by atoms with Crippen LogP contribution in [0.25, 0.3) is 0 Å². The third-order valence-corrected chi connectivity index (χ3v) is 2.10. The Morgan fingerprint density at radius 3 is 3.09 bits per heavy atom. The molecule has 0 saturated heterocycles. The van der Waals surface area contributed by atoms with Crippen molar-refractivity contribution in [1.82, 2.24) is 4.98 Å². The molecule has 0 amide bonds. The molecule has 0 unspecified atom stereocenters. The molecule has 0 radical (unpaired) electrons. The lowest BCUT2D eigenvalue weighted by atomic mass is 9.88. The van der Waals surface area contributed by atoms with E-state index in [0.717, 1.165) is 12.4 Å². The molecule has 0 aromatic carbocycles. The lowest BCUT2D eigenvalue weighted by Crippen LogP contribution is -2.18. The average Bonchev–Trinajstić information content (AvgIpc) is 2.29. The monoisotopic (exact) mass is 149 g/mol. The fraction of sp³-hybridized carbons (Fsp3) is 0.444. The maximum Gasteiger partial charge on any atom is 0.141 e. The standard InChI is InChI=1S/C9H11NO/c1-9(2)6-11-8-5-10-4-3-7(8)9/h3-5H,6H2,1-2H3. The maximum absolute atomic E-state index is 5.45. The number of ether oxygens (including phenoxy) is 1. The Hall–Kier alpha value is -1.05. The summed E-state index contributed by atoms with van der Waals surface area (Å²) < 4.78 is 5.45. The van der Waals surface area contributed by atoms with E-state index in [2.05, 4.69) is 18.8 Å². The van der Waals surface area contributed by atoms with Crippen molar-refractivity contribution in [2.45, 2.75) is 19.3 Å². The molecule has 0 fully saturated rings. The molecule has 0 aliphatic carbocycles. The van der Waals surface area contributed by atoms with Crippen molar-refractivity contribution in [2.75, 3.05) is 6.61 Å². The van der Waals surface area contributed by atoms with Crippen molar-refractivity contribution in [3.8, 4) is 5.75 Å². The van der Waals surface area contributed by atoms with Gasteiger partial charge >= 0.3 is 0 Å². The molecule has 58 valence electrons. The van der Waals surface area contributed by atoms with Gasteiger partial charge in [-0.05, 0) is 6.07 Å². The maximum atomic E-state index is 5.45. The van der Waals surface area contributed by atoms with E-state index in [1.165, 1.54) is 5.56 Å². The molecule has 2 rings (SSSR count). The van der Waals surface area contributed by atoms with Crippen LogP contribution in [0.5, 0.6) is 5.75 Å². The van der Waals surface area contributed by atoms with Gasteiger partial charge in [0.15, 0.2) is 0 Å². The second-order valence-electron chi connectivity index (χ2n) is 3.54. The largest absolute Gasteiger partial charge is 0.491 e. The van der Waals surface area contributed by atoms with E-state index in [-0.39, 0.29) is 5.41 Å². The fourth-order valence-electron chi connectivity index (χ4n) is 1.39. The molecule has 11 heavy (non-hydrogen) atoms. The molecule has 0 bridgehead atoms. The minimum absolute atomic E-state index is 0.165. The Balaban J connectivity index is 2.56. The van der Waals surface area contributed by atoms with Crippen molar-refractivity contribution in [3.63, 3.8) is 0 Å². The van der Waals surface area contributed by atoms with Crippen molar-refractivity contribution in [1.29, 1.82) is 0 Å². The number of nitrogens with zero attached hydrogens (tertiary/aromatic N) is 1. The summed E-state index contributed by atoms with van der Waals surface area (Å²) in [5, 5.41) is 0. The van der Waals surface area contributed by atoms with Crippen molar-refractivity contribution in [2.24, 2.45) is 0 Å². The lowest BCUT2D eigenvalue weighted by Gasteiger charge is -2.13. The van der Waals surface area contributed by atoms with Crippen LogP contribution in [0.1, 0.15) is 19.4 Å². The number of aromatic nitrogens is 1. The molecule has 1 aromatic rings. The van der Waals surface area contributed by atoms with Crippen LogP contribution < -0.4 is 4.74 Å². The molecule has 2 heterocycles. The third-order valence-electron chi connectivity index (χ3n) is 2.10. The lowest BCUT2D eigenvalue weighted by molar-refractivity contribution is 0.290. The molecule has 1 aromatic heterocycles. The van der Waals surface area contributed by atoms with Crippen LogP contribution in [-0.4, -0.2) is 11.6 Å². The van der Waals surface area contributed by atoms with Crippen LogP contribution in [0.15, 0.2) is 18.5 Å². The van der Waals surface area contributed by atoms with E-state index >= 15 is 0 Å². The van der Waals surface area contributed by atoms with Gasteiger partial charge < -0.3 is 4.74 Å². The molecular formula is C9H11NO. The Labute approximate surface area is 66.2 Å². The van der Waals surface area contributed by atoms with Gasteiger partial charge in [0.2, 0.25) is 0 Å². The summed E-state index contributed by atoms with van der Waals surface area (Å²) >= 11 is 0. The first-order valence-electron chi connectivity index (χ1n) is 3.77. The fourth-order valence-corrected chi connectivity index (χ4v) is 1.39. The quantitative estimate of drug-likeness (QED) is 0.560. The molecule has 0 spiro atoms. The Morgan fingerprint density at radius 1 is 1.55 bits per heavy atom. The highest BCUT2D eigenvalue weighted by Gasteiger charge is 2.31. The molecule has 0 saturated carbocycles. The highest BCUT2D eigenvalue weighted by atomic mass is 16.5. The van der Waals surface area contributed by atoms with Crippen LogP contribution in [0.2, 0.25) is 0 Å². The second-order valence-corrected chi connectivity index (χ2v) is 3.54. The summed E-state index contributed by atoms with van der Waals surface area (Å²) in [4.78, 5) is 4.00. The summed E-state index contributed by atoms with van der Waals surface area (Å²) in [5.41, 5.74) is 1.44. The van der Waals surface area contributed by atoms with Gasteiger partial charge in [-0.3, -0.25) is 4.98 Å². The predicted octanol–water partition coefficient (Wildman–Crippen LogP) is 1.75. The Kier molecular flexibility index (Phi) is 1.19. The topological polar surface area (TPSA) is 22.1 Å². The third kappa shape index (κ3) is 0.897. The van der Waals surface area contributed by atoms with Gasteiger partial charge in [-0.2, -0.15) is 0 Å². The van der Waals surface area contributed by atoms with Gasteiger partial charge in [0.1, 0.15) is 5.75 Å². The molecular weight excluding hydrogens is 138 g/mol. The SMILES string of the molecule is CC1(C)COc2cnccc21. The van der Waals surface area contributed by atoms with E-state index in [1.807, 2.05) is 12.3 Å². The summed E-state index contributed by atoms with van der Waals surface area (Å²) in [6.45, 7) is 5.13. The van der Waals surface area contributed by atoms with Crippen LogP contribution >= 0.6 is 0 Å². The molecule has 1 aliphatic heterocycles. The van der Waals surface area contributed by atoms with E-state index in [0.29, 0.717) is 0 Å². The van der Waals surface area contributed by atoms with E-state index in [9.17, 15) is 0 Å². The first-order valence-corrected chi connectivity index (χ1v) is 3.77. The minimum Gasteiger partial charge on any atom is -0.491 e. The van der Waals surface area contributed by atoms with Gasteiger partial charge in [-0.1, -0.05) is 13.8 Å². The van der Waals surface area contributed by atoms with Crippen molar-refractivity contribution >= 4 is 0 Å². The second kappa shape index (κ2) is 1.97. The Bertz CT molecular complexity index is 281. The first-order chi connectivity index (χ1) is 5.20. The summed E-state index contributed by atoms with van der Waals surface area (Å²) in [5.74, 6) is 0.942. The van der Waals surface area contributed by atoms with Crippen molar-refractivity contribution in [3.05, 3.63) is 24.0 Å². The molecule has 0 N–H and O–H groups in total. The zero-order valence-electron chi connectivity index (χ0n) is 6.79. The average molecular weight is 149 g/mol. The summed E-state index contributed by atoms with van der Waals surface area (Å²) in [7, 11) is 0. The first kappa shape index (κ1) is 6.65. The number of pyridine rings is 1. The number of fused-ring (bicyclic) bond motifs is 1. The van der Waals surface area contributed by atoms with Crippen LogP contribution in [0.4, 0.5) is 0 Å². The van der Waals surface area contributed by atoms with E-state index in [4.69, 9.17) is 4.74 Å². The minimum atomic E-state index is 0.165. The van der Waals surface area contributed by atoms with E-state index in [1.54, 1.807) is 6.20 Å². The van der Waals surface area contributed by atoms with E-state index < -0.39 is 0 Å². The molecule has 2 nitrogen and oxygen atoms in total. The van der Waals surface area contributed by atoms with Gasteiger partial charge in [0.25, 0.3) is 0 Å². The summed E-state index contributed by atoms with van der Waals surface area (Å²) in [6, 6.07) is 2.03. The van der Waals surface area contributed by atoms with Crippen LogP contribution in [-0.2, 0) is 5.41 Å². The van der Waals surface area contributed by atoms with Gasteiger partial charge in [-0.15, -0.1) is 0 Å². The van der Waals surface area contributed by atoms with Crippen molar-refractivity contribution < 1.29 is 4.74 Å². The molecule has 1 aliphatic rings. The molecule has 0 atom stereocenters. The predicted molar refractivity (Wildman–Crippen MR) is 42.8 cm³/mol. The normalized spacial score (nSPS) is 19.1. The van der Waals surface area contributed by atoms with Crippen LogP contribution in [0, 0.1) is 0 Å². The highest BCUT2D eigenvalue weighted by Crippen LogP contribution is 2.36. The molecule has 2 heteroatoms. The Morgan fingerprint density at radius 2 is 2.36 bits per heavy atom. The zero-order valence-corrected chi connectivity index (χ0v) is 6.79. The van der Waals surface area contributed by atoms with Gasteiger partial charge in [0.05, 0.1) is 12.8 Å².